The maximum Gasteiger partial charge on any atom is 0.364 e. The van der Waals surface area contributed by atoms with Crippen molar-refractivity contribution in [3.63, 3.8) is 0 Å². The molecule has 15 nitrogen and oxygen atoms in total. The van der Waals surface area contributed by atoms with E-state index in [1.165, 1.54) is 0 Å². The van der Waals surface area contributed by atoms with Crippen molar-refractivity contribution in [2.45, 2.75) is 80.3 Å². The molecule has 2 rings (SSSR count). The summed E-state index contributed by atoms with van der Waals surface area (Å²) in [6, 6.07) is -1.42. The van der Waals surface area contributed by atoms with Gasteiger partial charge in [-0.3, -0.25) is 4.79 Å². The summed E-state index contributed by atoms with van der Waals surface area (Å²) in [5.41, 5.74) is 0. The van der Waals surface area contributed by atoms with Crippen LogP contribution in [-0.2, 0) is 28.5 Å². The molecule has 0 saturated carbocycles. The molecule has 2 heterocycles. The highest BCUT2D eigenvalue weighted by Crippen LogP contribution is 2.37. The van der Waals surface area contributed by atoms with Crippen LogP contribution in [0.3, 0.4) is 0 Å². The van der Waals surface area contributed by atoms with Crippen molar-refractivity contribution in [3.05, 3.63) is 0 Å². The molecule has 15 heteroatoms. The second kappa shape index (κ2) is 11.3. The number of carbonyl (C=O) groups excluding carboxylic acids is 1. The highest BCUT2D eigenvalue weighted by Gasteiger charge is 2.59. The number of aliphatic carboxylic acids is 1. The first-order valence-electron chi connectivity index (χ1n) is 10.1. The summed E-state index contributed by atoms with van der Waals surface area (Å²) in [5, 5.41) is 82.6. The molecular formula is C18H31NO14. The van der Waals surface area contributed by atoms with E-state index in [0.717, 1.165) is 14.0 Å². The summed E-state index contributed by atoms with van der Waals surface area (Å²) in [6.07, 6.45) is -16.3. The number of ether oxygens (including phenoxy) is 4. The molecule has 0 unspecified atom stereocenters. The Balaban J connectivity index is 2.44. The maximum atomic E-state index is 12.2. The molecule has 0 aromatic heterocycles. The first-order valence-corrected chi connectivity index (χ1v) is 10.1. The van der Waals surface area contributed by atoms with Gasteiger partial charge in [0, 0.05) is 20.5 Å². The average Bonchev–Trinajstić information content (AvgIpc) is 2.77. The van der Waals surface area contributed by atoms with E-state index in [4.69, 9.17) is 18.9 Å². The molecule has 2 aliphatic heterocycles. The topological polar surface area (TPSA) is 245 Å². The maximum absolute atomic E-state index is 12.2. The molecule has 9 N–H and O–H groups in total. The standard InChI is InChI=1S/C18H31NO14/c1-6(22)19-10-7(23)3-18(17(28)29,32-14(10)11(25)8(24)4-20)33-15-12(26)9(5-21)31-16(30-2)13(15)27/h7-16,20-21,23-27H,3-5H2,1-2H3,(H,19,22)(H,28,29)/t7-,8+,9+,10+,11+,12-,13+,14+,15-,16+,18-/m0/s1. The number of carboxylic acids is 1. The zero-order valence-electron chi connectivity index (χ0n) is 17.9. The zero-order valence-corrected chi connectivity index (χ0v) is 17.9. The summed E-state index contributed by atoms with van der Waals surface area (Å²) in [4.78, 5) is 23.8. The van der Waals surface area contributed by atoms with Gasteiger partial charge in [-0.15, -0.1) is 0 Å². The molecule has 2 fully saturated rings. The third-order valence-corrected chi connectivity index (χ3v) is 5.57. The van der Waals surface area contributed by atoms with E-state index in [9.17, 15) is 50.4 Å². The highest BCUT2D eigenvalue weighted by atomic mass is 16.8. The molecular weight excluding hydrogens is 454 g/mol. The second-order valence-corrected chi connectivity index (χ2v) is 7.90. The number of carbonyl (C=O) groups is 2. The van der Waals surface area contributed by atoms with E-state index < -0.39 is 98.5 Å². The molecule has 0 radical (unpaired) electrons. The van der Waals surface area contributed by atoms with Crippen molar-refractivity contribution in [1.82, 2.24) is 5.32 Å². The van der Waals surface area contributed by atoms with Crippen LogP contribution in [0.4, 0.5) is 0 Å². The molecule has 33 heavy (non-hydrogen) atoms. The first kappa shape index (κ1) is 27.7. The predicted molar refractivity (Wildman–Crippen MR) is 102 cm³/mol. The summed E-state index contributed by atoms with van der Waals surface area (Å²) in [5.74, 6) is -5.32. The number of aliphatic hydroxyl groups excluding tert-OH is 7. The Kier molecular flexibility index (Phi) is 9.49. The van der Waals surface area contributed by atoms with Crippen LogP contribution in [-0.4, -0.2) is 140 Å². The molecule has 2 aliphatic rings. The van der Waals surface area contributed by atoms with Gasteiger partial charge >= 0.3 is 5.97 Å². The predicted octanol–water partition coefficient (Wildman–Crippen LogP) is -5.39. The van der Waals surface area contributed by atoms with Crippen LogP contribution in [0, 0.1) is 0 Å². The lowest BCUT2D eigenvalue weighted by molar-refractivity contribution is -0.368. The molecule has 2 saturated heterocycles. The Morgan fingerprint density at radius 3 is 2.30 bits per heavy atom. The van der Waals surface area contributed by atoms with Crippen molar-refractivity contribution in [1.29, 1.82) is 0 Å². The number of amides is 1. The fraction of sp³-hybridized carbons (Fsp3) is 0.889. The zero-order chi connectivity index (χ0) is 25.1. The van der Waals surface area contributed by atoms with Crippen molar-refractivity contribution >= 4 is 11.9 Å². The van der Waals surface area contributed by atoms with Crippen LogP contribution < -0.4 is 5.32 Å². The normalized spacial score (nSPS) is 41.2. The molecule has 0 aliphatic carbocycles. The van der Waals surface area contributed by atoms with E-state index >= 15 is 0 Å². The van der Waals surface area contributed by atoms with Crippen LogP contribution in [0.5, 0.6) is 0 Å². The first-order chi connectivity index (χ1) is 15.4. The fourth-order valence-electron chi connectivity index (χ4n) is 3.86. The minimum atomic E-state index is -2.81. The highest BCUT2D eigenvalue weighted by molar-refractivity contribution is 5.76. The lowest BCUT2D eigenvalue weighted by atomic mass is 9.88. The van der Waals surface area contributed by atoms with E-state index in [-0.39, 0.29) is 0 Å². The Hall–Kier alpha value is -1.50. The molecule has 0 spiro atoms. The van der Waals surface area contributed by atoms with Gasteiger partial charge in [-0.25, -0.2) is 4.79 Å². The molecule has 11 atom stereocenters. The van der Waals surface area contributed by atoms with Gasteiger partial charge in [-0.1, -0.05) is 0 Å². The van der Waals surface area contributed by atoms with Crippen molar-refractivity contribution in [2.75, 3.05) is 20.3 Å². The largest absolute Gasteiger partial charge is 0.477 e. The lowest BCUT2D eigenvalue weighted by Gasteiger charge is -2.49. The fourth-order valence-corrected chi connectivity index (χ4v) is 3.86. The van der Waals surface area contributed by atoms with Crippen LogP contribution in [0.2, 0.25) is 0 Å². The van der Waals surface area contributed by atoms with Gasteiger partial charge in [-0.05, 0) is 0 Å². The SMILES string of the molecule is CO[C@@H]1O[C@H](CO)[C@H](O)[C@H](O[C@]2(C(=O)O)C[C@H](O)[C@@H](NC(C)=O)[C@H]([C@H](O)[C@H](O)CO)O2)[C@H]1O. The molecule has 0 bridgehead atoms. The number of methoxy groups -OCH3 is 1. The smallest absolute Gasteiger partial charge is 0.364 e. The minimum absolute atomic E-state index is 0.675. The van der Waals surface area contributed by atoms with Crippen LogP contribution in [0.15, 0.2) is 0 Å². The molecule has 0 aromatic carbocycles. The Labute approximate surface area is 188 Å². The van der Waals surface area contributed by atoms with Gasteiger partial charge in [0.05, 0.1) is 25.4 Å². The molecule has 1 amide bonds. The van der Waals surface area contributed by atoms with E-state index in [0.29, 0.717) is 0 Å². The Morgan fingerprint density at radius 2 is 1.82 bits per heavy atom. The number of aliphatic hydroxyl groups is 7. The van der Waals surface area contributed by atoms with Gasteiger partial charge < -0.3 is 65.1 Å². The summed E-state index contributed by atoms with van der Waals surface area (Å²) >= 11 is 0. The van der Waals surface area contributed by atoms with E-state index in [1.807, 2.05) is 0 Å². The van der Waals surface area contributed by atoms with Crippen LogP contribution >= 0.6 is 0 Å². The second-order valence-electron chi connectivity index (χ2n) is 7.90. The van der Waals surface area contributed by atoms with Crippen LogP contribution in [0.25, 0.3) is 0 Å². The monoisotopic (exact) mass is 485 g/mol. The number of hydrogen-bond donors (Lipinski definition) is 9. The van der Waals surface area contributed by atoms with Crippen molar-refractivity contribution < 1.29 is 69.4 Å². The molecule has 192 valence electrons. The third kappa shape index (κ3) is 5.77. The number of nitrogens with one attached hydrogen (secondary N) is 1. The van der Waals surface area contributed by atoms with Crippen LogP contribution in [0.1, 0.15) is 13.3 Å². The van der Waals surface area contributed by atoms with Crippen molar-refractivity contribution in [3.8, 4) is 0 Å². The average molecular weight is 485 g/mol. The van der Waals surface area contributed by atoms with Gasteiger partial charge in [0.2, 0.25) is 5.91 Å². The number of rotatable bonds is 9. The number of hydrogen-bond acceptors (Lipinski definition) is 13. The van der Waals surface area contributed by atoms with Gasteiger partial charge in [0.25, 0.3) is 5.79 Å². The third-order valence-electron chi connectivity index (χ3n) is 5.57. The lowest BCUT2D eigenvalue weighted by Crippen LogP contribution is -2.70. The summed E-state index contributed by atoms with van der Waals surface area (Å²) in [6.45, 7) is -0.620. The van der Waals surface area contributed by atoms with Crippen molar-refractivity contribution in [2.24, 2.45) is 0 Å². The van der Waals surface area contributed by atoms with Gasteiger partial charge in [0.1, 0.15) is 42.7 Å². The number of carboxylic acid groups (broad SMARTS) is 1. The Morgan fingerprint density at radius 1 is 1.18 bits per heavy atom. The summed E-state index contributed by atoms with van der Waals surface area (Å²) < 4.78 is 21.0. The summed E-state index contributed by atoms with van der Waals surface area (Å²) in [7, 11) is 1.14. The Bertz CT molecular complexity index is 665. The molecule has 0 aromatic rings. The minimum Gasteiger partial charge on any atom is -0.477 e. The van der Waals surface area contributed by atoms with Gasteiger partial charge in [0.15, 0.2) is 6.29 Å². The quantitative estimate of drug-likeness (QED) is 0.148. The van der Waals surface area contributed by atoms with Gasteiger partial charge in [-0.2, -0.15) is 0 Å². The van der Waals surface area contributed by atoms with E-state index in [1.54, 1.807) is 0 Å². The van der Waals surface area contributed by atoms with E-state index in [2.05, 4.69) is 5.32 Å².